The molecule has 2 amide bonds. The zero-order chi connectivity index (χ0) is 26.7. The maximum Gasteiger partial charge on any atom is 0.435 e. The predicted molar refractivity (Wildman–Crippen MR) is 131 cm³/mol. The third-order valence-corrected chi connectivity index (χ3v) is 7.21. The molecule has 12 heteroatoms. The minimum absolute atomic E-state index is 0.00573. The average Bonchev–Trinajstić information content (AvgIpc) is 3.49. The average molecular weight is 536 g/mol. The number of alkyl halides is 3. The van der Waals surface area contributed by atoms with Crippen molar-refractivity contribution >= 4 is 23.2 Å². The summed E-state index contributed by atoms with van der Waals surface area (Å²) >= 11 is 1.19. The Labute approximate surface area is 216 Å². The molecule has 1 aromatic carbocycles. The Kier molecular flexibility index (Phi) is 7.86. The highest BCUT2D eigenvalue weighted by atomic mass is 32.1. The molecule has 0 spiro atoms. The van der Waals surface area contributed by atoms with Crippen LogP contribution in [0.2, 0.25) is 0 Å². The van der Waals surface area contributed by atoms with Crippen molar-refractivity contribution in [2.45, 2.75) is 44.9 Å². The van der Waals surface area contributed by atoms with Crippen LogP contribution < -0.4 is 4.74 Å². The van der Waals surface area contributed by atoms with E-state index in [0.29, 0.717) is 10.9 Å². The van der Waals surface area contributed by atoms with Gasteiger partial charge in [-0.3, -0.25) is 14.3 Å². The van der Waals surface area contributed by atoms with E-state index >= 15 is 0 Å². The first-order chi connectivity index (χ1) is 17.5. The molecule has 0 fully saturated rings. The van der Waals surface area contributed by atoms with Gasteiger partial charge in [0.05, 0.1) is 12.6 Å². The lowest BCUT2D eigenvalue weighted by Gasteiger charge is -2.33. The van der Waals surface area contributed by atoms with E-state index < -0.39 is 17.8 Å². The van der Waals surface area contributed by atoms with Crippen molar-refractivity contribution in [2.24, 2.45) is 0 Å². The summed E-state index contributed by atoms with van der Waals surface area (Å²) in [6, 6.07) is 9.07. The number of fused-ring (bicyclic) bond motifs is 1. The summed E-state index contributed by atoms with van der Waals surface area (Å²) in [4.78, 5) is 32.9. The van der Waals surface area contributed by atoms with E-state index in [-0.39, 0.29) is 37.3 Å². The molecule has 8 nitrogen and oxygen atoms in total. The van der Waals surface area contributed by atoms with Gasteiger partial charge in [0.25, 0.3) is 11.1 Å². The number of thiazole rings is 1. The molecule has 4 rings (SSSR count). The van der Waals surface area contributed by atoms with Gasteiger partial charge in [0.1, 0.15) is 18.8 Å². The first kappa shape index (κ1) is 26.6. The molecule has 0 saturated heterocycles. The number of benzene rings is 1. The maximum absolute atomic E-state index is 13.1. The SMILES string of the molecule is Cc1cc(C(F)(F)F)nn1CC(=O)N(C)CCOc1nc(C(=O)N(C)[C@@H]2CCCc3ccccc32)cs1. The van der Waals surface area contributed by atoms with Crippen LogP contribution in [0.1, 0.15) is 51.9 Å². The van der Waals surface area contributed by atoms with Crippen LogP contribution in [0, 0.1) is 6.92 Å². The number of amides is 2. The van der Waals surface area contributed by atoms with Gasteiger partial charge in [0.15, 0.2) is 5.69 Å². The van der Waals surface area contributed by atoms with Crippen molar-refractivity contribution in [3.8, 4) is 5.19 Å². The molecule has 1 aliphatic rings. The Morgan fingerprint density at radius 3 is 2.73 bits per heavy atom. The monoisotopic (exact) mass is 535 g/mol. The largest absolute Gasteiger partial charge is 0.468 e. The van der Waals surface area contributed by atoms with Crippen LogP contribution in [0.5, 0.6) is 5.19 Å². The van der Waals surface area contributed by atoms with E-state index in [2.05, 4.69) is 22.2 Å². The number of hydrogen-bond acceptors (Lipinski definition) is 6. The predicted octanol–water partition coefficient (Wildman–Crippen LogP) is 4.35. The molecule has 0 unspecified atom stereocenters. The molecule has 2 heterocycles. The van der Waals surface area contributed by atoms with E-state index in [9.17, 15) is 22.8 Å². The number of nitrogens with zero attached hydrogens (tertiary/aromatic N) is 5. The Bertz CT molecular complexity index is 1270. The Hall–Kier alpha value is -3.41. The van der Waals surface area contributed by atoms with Gasteiger partial charge in [-0.1, -0.05) is 35.6 Å². The van der Waals surface area contributed by atoms with Crippen molar-refractivity contribution in [1.29, 1.82) is 0 Å². The molecule has 0 radical (unpaired) electrons. The first-order valence-corrected chi connectivity index (χ1v) is 12.7. The van der Waals surface area contributed by atoms with Crippen molar-refractivity contribution in [1.82, 2.24) is 24.6 Å². The third kappa shape index (κ3) is 6.12. The standard InChI is InChI=1S/C25H28F3N5O3S/c1-16-13-21(25(26,27)28)30-33(16)14-22(34)31(2)11-12-36-24-29-19(15-37-24)23(35)32(3)20-10-6-8-17-7-4-5-9-18(17)20/h4-5,7,9,13,15,20H,6,8,10-12,14H2,1-3H3/t20-/m1/s1. The molecule has 0 bridgehead atoms. The maximum atomic E-state index is 13.1. The quantitative estimate of drug-likeness (QED) is 0.429. The molecule has 37 heavy (non-hydrogen) atoms. The van der Waals surface area contributed by atoms with Crippen LogP contribution in [0.25, 0.3) is 0 Å². The van der Waals surface area contributed by atoms with E-state index in [1.807, 2.05) is 12.1 Å². The molecule has 1 aliphatic carbocycles. The van der Waals surface area contributed by atoms with Crippen LogP contribution in [0.15, 0.2) is 35.7 Å². The minimum Gasteiger partial charge on any atom is -0.468 e. The first-order valence-electron chi connectivity index (χ1n) is 11.8. The zero-order valence-electron chi connectivity index (χ0n) is 20.8. The third-order valence-electron chi connectivity index (χ3n) is 6.46. The van der Waals surface area contributed by atoms with E-state index in [1.54, 1.807) is 17.3 Å². The Morgan fingerprint density at radius 2 is 2.00 bits per heavy atom. The zero-order valence-corrected chi connectivity index (χ0v) is 21.6. The minimum atomic E-state index is -4.57. The van der Waals surface area contributed by atoms with Gasteiger partial charge in [0.2, 0.25) is 5.91 Å². The lowest BCUT2D eigenvalue weighted by atomic mass is 9.87. The second-order valence-corrected chi connectivity index (χ2v) is 9.83. The summed E-state index contributed by atoms with van der Waals surface area (Å²) in [5.41, 5.74) is 1.94. The summed E-state index contributed by atoms with van der Waals surface area (Å²) in [5, 5.41) is 5.43. The highest BCUT2D eigenvalue weighted by Gasteiger charge is 2.34. The van der Waals surface area contributed by atoms with E-state index in [4.69, 9.17) is 4.74 Å². The van der Waals surface area contributed by atoms with Crippen LogP contribution in [0.4, 0.5) is 13.2 Å². The molecule has 0 aliphatic heterocycles. The normalized spacial score (nSPS) is 15.2. The van der Waals surface area contributed by atoms with Gasteiger partial charge >= 0.3 is 6.18 Å². The smallest absolute Gasteiger partial charge is 0.435 e. The number of hydrogen-bond donors (Lipinski definition) is 0. The number of carbonyl (C=O) groups excluding carboxylic acids is 2. The molecule has 198 valence electrons. The number of aryl methyl sites for hydroxylation is 2. The fourth-order valence-electron chi connectivity index (χ4n) is 4.33. The Balaban J connectivity index is 1.28. The van der Waals surface area contributed by atoms with Crippen molar-refractivity contribution in [3.63, 3.8) is 0 Å². The number of carbonyl (C=O) groups is 2. The number of halogens is 3. The van der Waals surface area contributed by atoms with Crippen LogP contribution >= 0.6 is 11.3 Å². The number of rotatable bonds is 8. The summed E-state index contributed by atoms with van der Waals surface area (Å²) < 4.78 is 45.2. The molecular weight excluding hydrogens is 507 g/mol. The molecular formula is C25H28F3N5O3S. The topological polar surface area (TPSA) is 80.6 Å². The van der Waals surface area contributed by atoms with Gasteiger partial charge < -0.3 is 14.5 Å². The fraction of sp³-hybridized carbons (Fsp3) is 0.440. The summed E-state index contributed by atoms with van der Waals surface area (Å²) in [6.07, 6.45) is -1.65. The van der Waals surface area contributed by atoms with Gasteiger partial charge in [-0.25, -0.2) is 0 Å². The lowest BCUT2D eigenvalue weighted by molar-refractivity contribution is -0.142. The van der Waals surface area contributed by atoms with Crippen LogP contribution in [-0.2, 0) is 23.9 Å². The van der Waals surface area contributed by atoms with Crippen molar-refractivity contribution in [3.05, 3.63) is 63.9 Å². The van der Waals surface area contributed by atoms with E-state index in [0.717, 1.165) is 30.0 Å². The summed E-state index contributed by atoms with van der Waals surface area (Å²) in [7, 11) is 3.32. The lowest BCUT2D eigenvalue weighted by Crippen LogP contribution is -2.34. The highest BCUT2D eigenvalue weighted by Crippen LogP contribution is 2.34. The number of likely N-dealkylation sites (N-methyl/N-ethyl adjacent to an activating group) is 1. The van der Waals surface area contributed by atoms with Crippen molar-refractivity contribution in [2.75, 3.05) is 27.2 Å². The second-order valence-electron chi connectivity index (χ2n) is 9.01. The summed E-state index contributed by atoms with van der Waals surface area (Å²) in [6.45, 7) is 1.45. The fourth-order valence-corrected chi connectivity index (χ4v) is 5.00. The van der Waals surface area contributed by atoms with Gasteiger partial charge in [-0.15, -0.1) is 0 Å². The van der Waals surface area contributed by atoms with Gasteiger partial charge in [0, 0.05) is 25.2 Å². The molecule has 3 aromatic rings. The van der Waals surface area contributed by atoms with Crippen LogP contribution in [0.3, 0.4) is 0 Å². The highest BCUT2D eigenvalue weighted by molar-refractivity contribution is 7.11. The van der Waals surface area contributed by atoms with Crippen molar-refractivity contribution < 1.29 is 27.5 Å². The molecule has 0 N–H and O–H groups in total. The number of aromatic nitrogens is 3. The summed E-state index contributed by atoms with van der Waals surface area (Å²) in [5.74, 6) is -0.596. The van der Waals surface area contributed by atoms with Gasteiger partial charge in [-0.2, -0.15) is 23.3 Å². The second kappa shape index (κ2) is 10.9. The van der Waals surface area contributed by atoms with Gasteiger partial charge in [-0.05, 0) is 43.4 Å². The molecule has 1 atom stereocenters. The van der Waals surface area contributed by atoms with Crippen LogP contribution in [-0.4, -0.2) is 63.6 Å². The van der Waals surface area contributed by atoms with E-state index in [1.165, 1.54) is 41.3 Å². The molecule has 2 aromatic heterocycles. The molecule has 0 saturated carbocycles. The number of ether oxygens (including phenoxy) is 1. The Morgan fingerprint density at radius 1 is 1.24 bits per heavy atom.